The van der Waals surface area contributed by atoms with Gasteiger partial charge < -0.3 is 5.32 Å². The van der Waals surface area contributed by atoms with Gasteiger partial charge in [0.25, 0.3) is 0 Å². The van der Waals surface area contributed by atoms with Gasteiger partial charge in [-0.25, -0.2) is 13.2 Å². The summed E-state index contributed by atoms with van der Waals surface area (Å²) in [4.78, 5) is 0. The Morgan fingerprint density at radius 3 is 2.35 bits per heavy atom. The minimum atomic E-state index is -0.843. The highest BCUT2D eigenvalue weighted by molar-refractivity contribution is 5.26. The predicted molar refractivity (Wildman–Crippen MR) is 73.1 cm³/mol. The van der Waals surface area contributed by atoms with E-state index >= 15 is 0 Å². The van der Waals surface area contributed by atoms with Gasteiger partial charge >= 0.3 is 0 Å². The molecule has 1 unspecified atom stereocenters. The first-order valence-corrected chi connectivity index (χ1v) is 6.44. The molecule has 0 fully saturated rings. The molecule has 0 aromatic heterocycles. The molecule has 1 N–H and O–H groups in total. The zero-order valence-electron chi connectivity index (χ0n) is 11.2. The Balaban J connectivity index is 2.25. The maximum Gasteiger partial charge on any atom is 0.162 e. The van der Waals surface area contributed by atoms with Gasteiger partial charge in [-0.2, -0.15) is 0 Å². The van der Waals surface area contributed by atoms with Crippen molar-refractivity contribution in [2.45, 2.75) is 12.3 Å². The molecule has 0 saturated carbocycles. The number of halogens is 3. The number of nitrogens with one attached hydrogen (secondary N) is 1. The predicted octanol–water partition coefficient (Wildman–Crippen LogP) is 3.65. The highest BCUT2D eigenvalue weighted by atomic mass is 19.2. The summed E-state index contributed by atoms with van der Waals surface area (Å²) in [5.41, 5.74) is 1.22. The first-order chi connectivity index (χ1) is 9.61. The molecule has 0 radical (unpaired) electrons. The molecule has 2 aromatic carbocycles. The van der Waals surface area contributed by atoms with Crippen LogP contribution in [0.4, 0.5) is 13.2 Å². The van der Waals surface area contributed by atoms with Crippen molar-refractivity contribution in [3.05, 3.63) is 71.0 Å². The monoisotopic (exact) mass is 279 g/mol. The van der Waals surface area contributed by atoms with E-state index in [0.29, 0.717) is 18.5 Å². The first-order valence-electron chi connectivity index (χ1n) is 6.44. The fraction of sp³-hybridized carbons (Fsp3) is 0.250. The van der Waals surface area contributed by atoms with Crippen molar-refractivity contribution in [1.29, 1.82) is 0 Å². The molecule has 0 amide bonds. The standard InChI is InChI=1S/C16H16F3N/c1-20-10-13(11-5-7-14(17)8-6-11)9-12-3-2-4-15(18)16(12)19/h2-8,13,20H,9-10H2,1H3. The van der Waals surface area contributed by atoms with Gasteiger partial charge in [0, 0.05) is 12.5 Å². The second-order valence-electron chi connectivity index (χ2n) is 4.72. The molecule has 0 spiro atoms. The van der Waals surface area contributed by atoms with Crippen LogP contribution in [0.3, 0.4) is 0 Å². The van der Waals surface area contributed by atoms with Gasteiger partial charge in [-0.1, -0.05) is 24.3 Å². The number of likely N-dealkylation sites (N-methyl/N-ethyl adjacent to an activating group) is 1. The Bertz CT molecular complexity index is 566. The Morgan fingerprint density at radius 1 is 1.00 bits per heavy atom. The maximum atomic E-state index is 13.7. The number of benzene rings is 2. The van der Waals surface area contributed by atoms with Crippen molar-refractivity contribution < 1.29 is 13.2 Å². The zero-order chi connectivity index (χ0) is 14.5. The van der Waals surface area contributed by atoms with E-state index in [9.17, 15) is 13.2 Å². The van der Waals surface area contributed by atoms with Crippen LogP contribution in [-0.4, -0.2) is 13.6 Å². The number of rotatable bonds is 5. The van der Waals surface area contributed by atoms with Gasteiger partial charge in [0.1, 0.15) is 5.82 Å². The highest BCUT2D eigenvalue weighted by Gasteiger charge is 2.16. The third kappa shape index (κ3) is 3.39. The molecular weight excluding hydrogens is 263 g/mol. The van der Waals surface area contributed by atoms with E-state index in [2.05, 4.69) is 5.32 Å². The summed E-state index contributed by atoms with van der Waals surface area (Å²) in [6.45, 7) is 0.599. The van der Waals surface area contributed by atoms with Crippen molar-refractivity contribution in [3.8, 4) is 0 Å². The summed E-state index contributed by atoms with van der Waals surface area (Å²) in [6, 6.07) is 10.3. The highest BCUT2D eigenvalue weighted by Crippen LogP contribution is 2.23. The third-order valence-electron chi connectivity index (χ3n) is 3.29. The minimum absolute atomic E-state index is 0.0445. The first kappa shape index (κ1) is 14.6. The van der Waals surface area contributed by atoms with Crippen molar-refractivity contribution >= 4 is 0 Å². The molecule has 0 heterocycles. The fourth-order valence-corrected chi connectivity index (χ4v) is 2.26. The normalized spacial score (nSPS) is 12.4. The van der Waals surface area contributed by atoms with Crippen molar-refractivity contribution in [1.82, 2.24) is 5.32 Å². The van der Waals surface area contributed by atoms with Crippen molar-refractivity contribution in [3.63, 3.8) is 0 Å². The Morgan fingerprint density at radius 2 is 1.70 bits per heavy atom. The smallest absolute Gasteiger partial charge is 0.162 e. The van der Waals surface area contributed by atoms with E-state index in [0.717, 1.165) is 11.6 Å². The van der Waals surface area contributed by atoms with Crippen LogP contribution in [0.15, 0.2) is 42.5 Å². The largest absolute Gasteiger partial charge is 0.319 e. The van der Waals surface area contributed by atoms with E-state index in [4.69, 9.17) is 0 Å². The Hall–Kier alpha value is -1.81. The van der Waals surface area contributed by atoms with Crippen LogP contribution in [0, 0.1) is 17.5 Å². The average molecular weight is 279 g/mol. The van der Waals surface area contributed by atoms with Crippen LogP contribution >= 0.6 is 0 Å². The lowest BCUT2D eigenvalue weighted by atomic mass is 9.91. The molecule has 0 saturated heterocycles. The fourth-order valence-electron chi connectivity index (χ4n) is 2.26. The second kappa shape index (κ2) is 6.57. The molecule has 4 heteroatoms. The Labute approximate surface area is 116 Å². The van der Waals surface area contributed by atoms with Crippen LogP contribution in [0.25, 0.3) is 0 Å². The molecule has 106 valence electrons. The zero-order valence-corrected chi connectivity index (χ0v) is 11.2. The van der Waals surface area contributed by atoms with E-state index in [1.54, 1.807) is 25.2 Å². The molecule has 0 aliphatic heterocycles. The van der Waals surface area contributed by atoms with Crippen LogP contribution < -0.4 is 5.32 Å². The lowest BCUT2D eigenvalue weighted by Gasteiger charge is -2.17. The summed E-state index contributed by atoms with van der Waals surface area (Å²) < 4.78 is 39.9. The molecule has 0 aliphatic rings. The molecule has 1 atom stereocenters. The van der Waals surface area contributed by atoms with Crippen LogP contribution in [0.2, 0.25) is 0 Å². The SMILES string of the molecule is CNCC(Cc1cccc(F)c1F)c1ccc(F)cc1. The number of hydrogen-bond acceptors (Lipinski definition) is 1. The molecule has 2 rings (SSSR count). The van der Waals surface area contributed by atoms with Gasteiger partial charge in [-0.15, -0.1) is 0 Å². The topological polar surface area (TPSA) is 12.0 Å². The van der Waals surface area contributed by atoms with E-state index in [-0.39, 0.29) is 11.7 Å². The number of hydrogen-bond donors (Lipinski definition) is 1. The van der Waals surface area contributed by atoms with Crippen LogP contribution in [0.5, 0.6) is 0 Å². The molecule has 0 aliphatic carbocycles. The van der Waals surface area contributed by atoms with Crippen LogP contribution in [0.1, 0.15) is 17.0 Å². The van der Waals surface area contributed by atoms with Gasteiger partial charge in [-0.05, 0) is 42.8 Å². The van der Waals surface area contributed by atoms with E-state index in [1.165, 1.54) is 18.2 Å². The maximum absolute atomic E-state index is 13.7. The summed E-state index contributed by atoms with van der Waals surface area (Å²) in [7, 11) is 1.79. The summed E-state index contributed by atoms with van der Waals surface area (Å²) in [6.07, 6.45) is 0.357. The lowest BCUT2D eigenvalue weighted by Crippen LogP contribution is -2.19. The van der Waals surface area contributed by atoms with E-state index < -0.39 is 11.6 Å². The van der Waals surface area contributed by atoms with Gasteiger partial charge in [-0.3, -0.25) is 0 Å². The lowest BCUT2D eigenvalue weighted by molar-refractivity contribution is 0.491. The average Bonchev–Trinajstić information content (AvgIpc) is 2.44. The molecule has 2 aromatic rings. The van der Waals surface area contributed by atoms with Crippen molar-refractivity contribution in [2.75, 3.05) is 13.6 Å². The molecule has 20 heavy (non-hydrogen) atoms. The summed E-state index contributed by atoms with van der Waals surface area (Å²) in [5, 5.41) is 3.03. The summed E-state index contributed by atoms with van der Waals surface area (Å²) >= 11 is 0. The van der Waals surface area contributed by atoms with E-state index in [1.807, 2.05) is 0 Å². The molecular formula is C16H16F3N. The van der Waals surface area contributed by atoms with Crippen molar-refractivity contribution in [2.24, 2.45) is 0 Å². The molecule has 0 bridgehead atoms. The second-order valence-corrected chi connectivity index (χ2v) is 4.72. The minimum Gasteiger partial charge on any atom is -0.319 e. The quantitative estimate of drug-likeness (QED) is 0.881. The van der Waals surface area contributed by atoms with Gasteiger partial charge in [0.05, 0.1) is 0 Å². The van der Waals surface area contributed by atoms with Gasteiger partial charge in [0.2, 0.25) is 0 Å². The molecule has 1 nitrogen and oxygen atoms in total. The van der Waals surface area contributed by atoms with Crippen LogP contribution in [-0.2, 0) is 6.42 Å². The Kier molecular flexibility index (Phi) is 4.79. The summed E-state index contributed by atoms with van der Waals surface area (Å²) in [5.74, 6) is -2.01. The van der Waals surface area contributed by atoms with Gasteiger partial charge in [0.15, 0.2) is 11.6 Å². The third-order valence-corrected chi connectivity index (χ3v) is 3.29.